The van der Waals surface area contributed by atoms with Gasteiger partial charge in [-0.3, -0.25) is 15.1 Å². The van der Waals surface area contributed by atoms with E-state index in [4.69, 9.17) is 15.4 Å². The number of carboxylic acids is 1. The fourth-order valence-corrected chi connectivity index (χ4v) is 3.87. The molecule has 0 atom stereocenters. The minimum atomic E-state index is -0.790. The van der Waals surface area contributed by atoms with Gasteiger partial charge in [0.2, 0.25) is 5.96 Å². The number of rotatable bonds is 8. The van der Waals surface area contributed by atoms with Crippen molar-refractivity contribution < 1.29 is 9.90 Å². The fourth-order valence-electron chi connectivity index (χ4n) is 3.87. The summed E-state index contributed by atoms with van der Waals surface area (Å²) >= 11 is 0. The highest BCUT2D eigenvalue weighted by Gasteiger charge is 2.14. The van der Waals surface area contributed by atoms with Gasteiger partial charge in [0.15, 0.2) is 6.19 Å². The van der Waals surface area contributed by atoms with Crippen molar-refractivity contribution in [1.29, 1.82) is 5.26 Å². The number of unbranched alkanes of at least 4 members (excludes halogenated alkanes) is 1. The lowest BCUT2D eigenvalue weighted by Gasteiger charge is -2.19. The number of aromatic nitrogens is 1. The first kappa shape index (κ1) is 23.0. The van der Waals surface area contributed by atoms with Crippen molar-refractivity contribution in [1.82, 2.24) is 10.3 Å². The first-order chi connectivity index (χ1) is 15.7. The lowest BCUT2D eigenvalue weighted by Crippen LogP contribution is -2.29. The number of aliphatic carboxylic acids is 1. The number of hydrogen-bond donors (Lipinski definition) is 3. The molecule has 3 N–H and O–H groups in total. The van der Waals surface area contributed by atoms with Crippen molar-refractivity contribution in [3.8, 4) is 6.19 Å². The van der Waals surface area contributed by atoms with E-state index in [1.54, 1.807) is 12.4 Å². The van der Waals surface area contributed by atoms with Gasteiger partial charge in [0, 0.05) is 30.1 Å². The topological polar surface area (TPSA) is 110 Å². The standard InChI is InChI=1S/C25H29N5O2/c26-18-28-25(29-21-10-2-1-3-11-21)30-22-12-6-8-19(16-22)23(13-4-5-14-24(31)32)20-9-7-15-27-17-20/h6-9,12-13,15-17,21H,1-5,10-11,14H2,(H,31,32)(H2,28,29,30)/b23-13+. The van der Waals surface area contributed by atoms with Crippen LogP contribution in [0.1, 0.15) is 62.5 Å². The average Bonchev–Trinajstić information content (AvgIpc) is 2.80. The molecule has 32 heavy (non-hydrogen) atoms. The summed E-state index contributed by atoms with van der Waals surface area (Å²) in [5.41, 5.74) is 3.75. The Morgan fingerprint density at radius 3 is 2.75 bits per heavy atom. The quantitative estimate of drug-likeness (QED) is 0.179. The summed E-state index contributed by atoms with van der Waals surface area (Å²) in [4.78, 5) is 19.8. The van der Waals surface area contributed by atoms with E-state index in [0.717, 1.165) is 35.2 Å². The zero-order valence-corrected chi connectivity index (χ0v) is 18.1. The van der Waals surface area contributed by atoms with Gasteiger partial charge in [0.25, 0.3) is 0 Å². The summed E-state index contributed by atoms with van der Waals surface area (Å²) in [5.74, 6) is -0.327. The number of guanidine groups is 1. The second kappa shape index (κ2) is 12.3. The lowest BCUT2D eigenvalue weighted by atomic mass is 9.96. The highest BCUT2D eigenvalue weighted by atomic mass is 16.4. The Morgan fingerprint density at radius 1 is 1.22 bits per heavy atom. The second-order valence-electron chi connectivity index (χ2n) is 7.86. The van der Waals surface area contributed by atoms with Gasteiger partial charge in [-0.1, -0.05) is 43.5 Å². The maximum Gasteiger partial charge on any atom is 0.303 e. The predicted molar refractivity (Wildman–Crippen MR) is 126 cm³/mol. The number of anilines is 1. The molecule has 7 nitrogen and oxygen atoms in total. The molecule has 1 fully saturated rings. The summed E-state index contributed by atoms with van der Waals surface area (Å²) in [6.07, 6.45) is 14.6. The Hall–Kier alpha value is -3.66. The van der Waals surface area contributed by atoms with Crippen LogP contribution in [0.15, 0.2) is 59.9 Å². The van der Waals surface area contributed by atoms with Crippen molar-refractivity contribution in [3.63, 3.8) is 0 Å². The molecule has 0 saturated heterocycles. The van der Waals surface area contributed by atoms with E-state index in [1.807, 2.05) is 42.6 Å². The van der Waals surface area contributed by atoms with E-state index >= 15 is 0 Å². The highest BCUT2D eigenvalue weighted by Crippen LogP contribution is 2.26. The second-order valence-corrected chi connectivity index (χ2v) is 7.86. The number of nitrogens with zero attached hydrogens (tertiary/aromatic N) is 3. The average molecular weight is 432 g/mol. The number of benzene rings is 1. The van der Waals surface area contributed by atoms with Crippen LogP contribution in [-0.4, -0.2) is 28.1 Å². The molecule has 0 spiro atoms. The SMILES string of the molecule is N#CNC(=NC1CCCCC1)Nc1cccc(/C(=C\CCCC(=O)O)c2cccnc2)c1. The van der Waals surface area contributed by atoms with Gasteiger partial charge in [-0.2, -0.15) is 5.26 Å². The monoisotopic (exact) mass is 431 g/mol. The van der Waals surface area contributed by atoms with Crippen molar-refractivity contribution >= 4 is 23.2 Å². The van der Waals surface area contributed by atoms with Crippen LogP contribution in [-0.2, 0) is 4.79 Å². The number of carbonyl (C=O) groups is 1. The van der Waals surface area contributed by atoms with Crippen molar-refractivity contribution in [2.75, 3.05) is 5.32 Å². The van der Waals surface area contributed by atoms with E-state index in [2.05, 4.69) is 21.7 Å². The molecule has 1 heterocycles. The van der Waals surface area contributed by atoms with Crippen molar-refractivity contribution in [2.24, 2.45) is 4.99 Å². The molecule has 166 valence electrons. The summed E-state index contributed by atoms with van der Waals surface area (Å²) in [5, 5.41) is 24.0. The van der Waals surface area contributed by atoms with Crippen LogP contribution in [0.25, 0.3) is 5.57 Å². The molecule has 0 aliphatic heterocycles. The smallest absolute Gasteiger partial charge is 0.303 e. The molecule has 1 aliphatic rings. The molecule has 1 aromatic heterocycles. The number of aliphatic imine (C=N–C) groups is 1. The summed E-state index contributed by atoms with van der Waals surface area (Å²) in [7, 11) is 0. The molecule has 1 saturated carbocycles. The molecular formula is C25H29N5O2. The normalized spacial score (nSPS) is 15.1. The van der Waals surface area contributed by atoms with Gasteiger partial charge < -0.3 is 10.4 Å². The molecule has 2 aromatic rings. The van der Waals surface area contributed by atoms with E-state index in [1.165, 1.54) is 19.3 Å². The third-order valence-corrected chi connectivity index (χ3v) is 5.41. The van der Waals surface area contributed by atoms with Gasteiger partial charge >= 0.3 is 5.97 Å². The number of pyridine rings is 1. The van der Waals surface area contributed by atoms with Crippen LogP contribution in [0.2, 0.25) is 0 Å². The molecular weight excluding hydrogens is 402 g/mol. The molecule has 0 radical (unpaired) electrons. The summed E-state index contributed by atoms with van der Waals surface area (Å²) in [6.45, 7) is 0. The van der Waals surface area contributed by atoms with Crippen LogP contribution in [0, 0.1) is 11.5 Å². The molecule has 1 aromatic carbocycles. The number of allylic oxidation sites excluding steroid dienone is 1. The van der Waals surface area contributed by atoms with Gasteiger partial charge in [-0.05, 0) is 55.0 Å². The van der Waals surface area contributed by atoms with Gasteiger partial charge in [-0.25, -0.2) is 4.99 Å². The van der Waals surface area contributed by atoms with Crippen LogP contribution < -0.4 is 10.6 Å². The molecule has 1 aliphatic carbocycles. The number of nitrogens with one attached hydrogen (secondary N) is 2. The number of nitriles is 1. The maximum atomic E-state index is 10.8. The first-order valence-corrected chi connectivity index (χ1v) is 11.1. The van der Waals surface area contributed by atoms with Crippen molar-refractivity contribution in [3.05, 3.63) is 66.0 Å². The molecule has 3 rings (SSSR count). The van der Waals surface area contributed by atoms with Crippen LogP contribution >= 0.6 is 0 Å². The van der Waals surface area contributed by atoms with Gasteiger partial charge in [0.05, 0.1) is 6.04 Å². The predicted octanol–water partition coefficient (Wildman–Crippen LogP) is 4.94. The maximum absolute atomic E-state index is 10.8. The van der Waals surface area contributed by atoms with E-state index in [-0.39, 0.29) is 12.5 Å². The first-order valence-electron chi connectivity index (χ1n) is 11.1. The minimum Gasteiger partial charge on any atom is -0.481 e. The van der Waals surface area contributed by atoms with E-state index in [9.17, 15) is 4.79 Å². The third-order valence-electron chi connectivity index (χ3n) is 5.41. The molecule has 0 amide bonds. The van der Waals surface area contributed by atoms with Crippen LogP contribution in [0.5, 0.6) is 0 Å². The summed E-state index contributed by atoms with van der Waals surface area (Å²) in [6, 6.07) is 12.0. The largest absolute Gasteiger partial charge is 0.481 e. The van der Waals surface area contributed by atoms with Crippen molar-refractivity contribution in [2.45, 2.75) is 57.4 Å². The number of carboxylic acid groups (broad SMARTS) is 1. The van der Waals surface area contributed by atoms with Gasteiger partial charge in [-0.15, -0.1) is 0 Å². The zero-order chi connectivity index (χ0) is 22.6. The molecule has 0 bridgehead atoms. The lowest BCUT2D eigenvalue weighted by molar-refractivity contribution is -0.137. The Morgan fingerprint density at radius 2 is 2.03 bits per heavy atom. The van der Waals surface area contributed by atoms with Gasteiger partial charge in [0.1, 0.15) is 0 Å². The van der Waals surface area contributed by atoms with Crippen LogP contribution in [0.3, 0.4) is 0 Å². The highest BCUT2D eigenvalue weighted by molar-refractivity contribution is 5.95. The molecule has 0 unspecified atom stereocenters. The van der Waals surface area contributed by atoms with Crippen LogP contribution in [0.4, 0.5) is 5.69 Å². The zero-order valence-electron chi connectivity index (χ0n) is 18.1. The Labute approximate surface area is 188 Å². The molecule has 7 heteroatoms. The van der Waals surface area contributed by atoms with E-state index < -0.39 is 5.97 Å². The Bertz CT molecular complexity index is 989. The third kappa shape index (κ3) is 7.24. The Kier molecular flexibility index (Phi) is 8.81. The van der Waals surface area contributed by atoms with E-state index in [0.29, 0.717) is 18.8 Å². The summed E-state index contributed by atoms with van der Waals surface area (Å²) < 4.78 is 0. The minimum absolute atomic E-state index is 0.138. The fraction of sp³-hybridized carbons (Fsp3) is 0.360. The Balaban J connectivity index is 1.83. The number of hydrogen-bond acceptors (Lipinski definition) is 4.